The summed E-state index contributed by atoms with van der Waals surface area (Å²) in [5, 5.41) is 5.67. The fourth-order valence-electron chi connectivity index (χ4n) is 2.55. The third kappa shape index (κ3) is 3.29. The number of rotatable bonds is 5. The molecule has 3 aromatic carbocycles. The summed E-state index contributed by atoms with van der Waals surface area (Å²) in [5.41, 5.74) is 0. The first-order valence-corrected chi connectivity index (χ1v) is 10.0. The van der Waals surface area contributed by atoms with E-state index in [1.54, 1.807) is 0 Å². The van der Waals surface area contributed by atoms with Crippen molar-refractivity contribution in [2.45, 2.75) is 14.7 Å². The molecule has 3 rings (SSSR count). The van der Waals surface area contributed by atoms with E-state index in [1.165, 1.54) is 0 Å². The van der Waals surface area contributed by atoms with E-state index in [0.29, 0.717) is 0 Å². The van der Waals surface area contributed by atoms with Crippen LogP contribution in [-0.4, -0.2) is 4.55 Å². The molecule has 5 heteroatoms. The highest BCUT2D eigenvalue weighted by Gasteiger charge is 2.34. The molecule has 0 heterocycles. The maximum atomic E-state index is 12.0. The van der Waals surface area contributed by atoms with Crippen molar-refractivity contribution in [2.75, 3.05) is 0 Å². The van der Waals surface area contributed by atoms with Gasteiger partial charge in [-0.1, -0.05) is 68.9 Å². The van der Waals surface area contributed by atoms with E-state index in [4.69, 9.17) is 5.14 Å². The van der Waals surface area contributed by atoms with Crippen LogP contribution in [0.25, 0.3) is 0 Å². The lowest BCUT2D eigenvalue weighted by Crippen LogP contribution is -2.34. The molecule has 0 aromatic heterocycles. The van der Waals surface area contributed by atoms with Crippen molar-refractivity contribution in [2.24, 2.45) is 5.14 Å². The standard InChI is InChI=1S/C18H18N2OS2/c19-22(21)20-23(16-10-4-1-5-11-16,17-12-6-2-7-13-17)18-14-8-3-9-15-18/h1-15,20H,19H2/t22-/m0/s1. The van der Waals surface area contributed by atoms with Gasteiger partial charge >= 0.3 is 0 Å². The van der Waals surface area contributed by atoms with Crippen molar-refractivity contribution in [1.29, 1.82) is 0 Å². The van der Waals surface area contributed by atoms with Crippen LogP contribution in [0, 0.1) is 0 Å². The summed E-state index contributed by atoms with van der Waals surface area (Å²) >= 11 is -1.65. The number of hydrogen-bond donors (Lipinski definition) is 2. The lowest BCUT2D eigenvalue weighted by Gasteiger charge is -2.39. The summed E-state index contributed by atoms with van der Waals surface area (Å²) in [7, 11) is -1.91. The van der Waals surface area contributed by atoms with Gasteiger partial charge in [-0.2, -0.15) is 0 Å². The Morgan fingerprint density at radius 3 is 1.22 bits per heavy atom. The van der Waals surface area contributed by atoms with Gasteiger partial charge in [0, 0.05) is 14.7 Å². The van der Waals surface area contributed by atoms with Crippen LogP contribution in [0.3, 0.4) is 0 Å². The molecule has 0 saturated carbocycles. The maximum absolute atomic E-state index is 12.0. The molecule has 3 nitrogen and oxygen atoms in total. The summed E-state index contributed by atoms with van der Waals surface area (Å²) in [4.78, 5) is 3.20. The van der Waals surface area contributed by atoms with E-state index in [0.717, 1.165) is 14.7 Å². The van der Waals surface area contributed by atoms with Gasteiger partial charge in [0.05, 0.1) is 0 Å². The number of nitrogens with one attached hydrogen (secondary N) is 1. The van der Waals surface area contributed by atoms with Crippen LogP contribution < -0.4 is 9.27 Å². The molecule has 0 aliphatic heterocycles. The number of benzene rings is 3. The van der Waals surface area contributed by atoms with Gasteiger partial charge < -0.3 is 4.55 Å². The lowest BCUT2D eigenvalue weighted by atomic mass is 10.4. The van der Waals surface area contributed by atoms with Crippen molar-refractivity contribution in [3.8, 4) is 0 Å². The van der Waals surface area contributed by atoms with Gasteiger partial charge in [0.15, 0.2) is 0 Å². The zero-order chi connectivity index (χ0) is 16.1. The molecule has 0 amide bonds. The highest BCUT2D eigenvalue weighted by atomic mass is 32.3. The number of nitrogens with two attached hydrogens (primary N) is 1. The Kier molecular flexibility index (Phi) is 5.05. The fourth-order valence-corrected chi connectivity index (χ4v) is 7.20. The summed E-state index contributed by atoms with van der Waals surface area (Å²) in [6.45, 7) is 0. The molecule has 1 atom stereocenters. The molecule has 0 bridgehead atoms. The molecule has 0 unspecified atom stereocenters. The maximum Gasteiger partial charge on any atom is 0.142 e. The predicted molar refractivity (Wildman–Crippen MR) is 97.2 cm³/mol. The zero-order valence-electron chi connectivity index (χ0n) is 12.5. The Hall–Kier alpha value is -1.76. The Labute approximate surface area is 141 Å². The Bertz CT molecular complexity index is 640. The van der Waals surface area contributed by atoms with E-state index in [2.05, 4.69) is 40.5 Å². The van der Waals surface area contributed by atoms with E-state index in [1.807, 2.05) is 54.6 Å². The van der Waals surface area contributed by atoms with Gasteiger partial charge in [-0.3, -0.25) is 0 Å². The molecule has 23 heavy (non-hydrogen) atoms. The van der Waals surface area contributed by atoms with Crippen LogP contribution in [0.4, 0.5) is 0 Å². The molecule has 0 saturated heterocycles. The average Bonchev–Trinajstić information content (AvgIpc) is 2.62. The van der Waals surface area contributed by atoms with Crippen LogP contribution in [0.15, 0.2) is 106 Å². The van der Waals surface area contributed by atoms with Gasteiger partial charge in [0.25, 0.3) is 0 Å². The quantitative estimate of drug-likeness (QED) is 0.689. The largest absolute Gasteiger partial charge is 0.578 e. The summed E-state index contributed by atoms with van der Waals surface area (Å²) in [6, 6.07) is 30.2. The second-order valence-electron chi connectivity index (χ2n) is 4.93. The monoisotopic (exact) mass is 342 g/mol. The van der Waals surface area contributed by atoms with Crippen LogP contribution in [0.2, 0.25) is 0 Å². The molecular formula is C18H18N2OS2. The lowest BCUT2D eigenvalue weighted by molar-refractivity contribution is 0.594. The van der Waals surface area contributed by atoms with Crippen molar-refractivity contribution in [3.63, 3.8) is 0 Å². The molecule has 3 N–H and O–H groups in total. The smallest absolute Gasteiger partial charge is 0.142 e. The molecule has 3 aromatic rings. The van der Waals surface area contributed by atoms with Crippen molar-refractivity contribution in [1.82, 2.24) is 4.13 Å². The van der Waals surface area contributed by atoms with Crippen LogP contribution in [0.5, 0.6) is 0 Å². The van der Waals surface area contributed by atoms with Gasteiger partial charge in [-0.15, -0.1) is 5.14 Å². The first-order valence-electron chi connectivity index (χ1n) is 7.16. The van der Waals surface area contributed by atoms with E-state index in [9.17, 15) is 4.55 Å². The fraction of sp³-hybridized carbons (Fsp3) is 0. The minimum Gasteiger partial charge on any atom is -0.578 e. The first-order chi connectivity index (χ1) is 11.2. The predicted octanol–water partition coefficient (Wildman–Crippen LogP) is 4.01. The average molecular weight is 342 g/mol. The highest BCUT2D eigenvalue weighted by Crippen LogP contribution is 2.65. The summed E-state index contributed by atoms with van der Waals surface area (Å²) in [6.07, 6.45) is 0. The minimum atomic E-state index is -1.91. The normalized spacial score (nSPS) is 13.5. The van der Waals surface area contributed by atoms with Crippen LogP contribution in [-0.2, 0) is 11.5 Å². The SMILES string of the molecule is N[S@+]([O-])NS(c1ccccc1)(c1ccccc1)c1ccccc1. The molecule has 0 aliphatic carbocycles. The van der Waals surface area contributed by atoms with E-state index < -0.39 is 21.8 Å². The van der Waals surface area contributed by atoms with E-state index >= 15 is 0 Å². The molecule has 0 aliphatic rings. The molecule has 118 valence electrons. The molecule has 0 radical (unpaired) electrons. The molecule has 0 spiro atoms. The minimum absolute atomic E-state index is 1.07. The Morgan fingerprint density at radius 1 is 0.652 bits per heavy atom. The number of hydrogen-bond acceptors (Lipinski definition) is 3. The van der Waals surface area contributed by atoms with Crippen LogP contribution in [0.1, 0.15) is 0 Å². The third-order valence-electron chi connectivity index (χ3n) is 3.50. The summed E-state index contributed by atoms with van der Waals surface area (Å²) < 4.78 is 15.2. The second-order valence-corrected chi connectivity index (χ2v) is 8.83. The third-order valence-corrected chi connectivity index (χ3v) is 8.09. The highest BCUT2D eigenvalue weighted by molar-refractivity contribution is 8.36. The van der Waals surface area contributed by atoms with Crippen molar-refractivity contribution < 1.29 is 4.55 Å². The molecular weight excluding hydrogens is 324 g/mol. The van der Waals surface area contributed by atoms with Crippen molar-refractivity contribution in [3.05, 3.63) is 91.0 Å². The second kappa shape index (κ2) is 7.21. The van der Waals surface area contributed by atoms with Gasteiger partial charge in [0.2, 0.25) is 0 Å². The van der Waals surface area contributed by atoms with E-state index in [-0.39, 0.29) is 0 Å². The molecule has 0 fully saturated rings. The Balaban J connectivity index is 2.30. The summed E-state index contributed by atoms with van der Waals surface area (Å²) in [5.74, 6) is 0. The first kappa shape index (κ1) is 16.1. The van der Waals surface area contributed by atoms with Gasteiger partial charge in [0.1, 0.15) is 11.5 Å². The van der Waals surface area contributed by atoms with Crippen LogP contribution >= 0.6 is 10.2 Å². The topological polar surface area (TPSA) is 61.1 Å². The van der Waals surface area contributed by atoms with Crippen molar-refractivity contribution >= 4 is 21.8 Å². The zero-order valence-corrected chi connectivity index (χ0v) is 14.1. The Morgan fingerprint density at radius 2 is 0.957 bits per heavy atom. The van der Waals surface area contributed by atoms with Gasteiger partial charge in [-0.25, -0.2) is 0 Å². The van der Waals surface area contributed by atoms with Gasteiger partial charge in [-0.05, 0) is 36.4 Å².